The zero-order valence-electron chi connectivity index (χ0n) is 13.9. The van der Waals surface area contributed by atoms with E-state index < -0.39 is 11.2 Å². The van der Waals surface area contributed by atoms with E-state index in [1.54, 1.807) is 7.11 Å². The second-order valence-electron chi connectivity index (χ2n) is 5.88. The summed E-state index contributed by atoms with van der Waals surface area (Å²) in [4.78, 5) is 8.80. The molecule has 1 unspecified atom stereocenters. The third kappa shape index (κ3) is 3.34. The highest BCUT2D eigenvalue weighted by molar-refractivity contribution is 7.91. The first-order valence-corrected chi connectivity index (χ1v) is 9.44. The molecule has 5 heteroatoms. The third-order valence-corrected chi connectivity index (χ3v) is 5.62. The fourth-order valence-electron chi connectivity index (χ4n) is 2.90. The smallest absolute Gasteiger partial charge is 0.152 e. The lowest BCUT2D eigenvalue weighted by Gasteiger charge is -2.10. The lowest BCUT2D eigenvalue weighted by Crippen LogP contribution is -2.10. The lowest BCUT2D eigenvalue weighted by molar-refractivity contribution is 0.414. The van der Waals surface area contributed by atoms with Gasteiger partial charge in [-0.2, -0.15) is 0 Å². The van der Waals surface area contributed by atoms with Crippen LogP contribution >= 0.6 is 0 Å². The Balaban J connectivity index is 1.50. The van der Waals surface area contributed by atoms with Gasteiger partial charge in [-0.1, -0.05) is 24.3 Å². The lowest BCUT2D eigenvalue weighted by atomic mass is 10.1. The molecule has 0 aliphatic carbocycles. The molecular formula is C20H18N2O2S. The van der Waals surface area contributed by atoms with Gasteiger partial charge < -0.3 is 14.3 Å². The maximum absolute atomic E-state index is 12.5. The molecule has 4 aromatic rings. The van der Waals surface area contributed by atoms with Gasteiger partial charge in [-0.15, -0.1) is 0 Å². The average Bonchev–Trinajstić information content (AvgIpc) is 3.06. The van der Waals surface area contributed by atoms with Crippen LogP contribution < -0.4 is 4.74 Å². The SMILES string of the molecule is COc1ccc([S+]([O-])CCc2nc3cc4ccccc4cc3[nH]2)cc1. The number of nitrogens with zero attached hydrogens (tertiary/aromatic N) is 1. The van der Waals surface area contributed by atoms with Gasteiger partial charge in [0.2, 0.25) is 0 Å². The quantitative estimate of drug-likeness (QED) is 0.552. The number of imidazole rings is 1. The van der Waals surface area contributed by atoms with E-state index in [0.717, 1.165) is 27.5 Å². The van der Waals surface area contributed by atoms with Crippen LogP contribution in [0.15, 0.2) is 65.6 Å². The molecule has 1 N–H and O–H groups in total. The van der Waals surface area contributed by atoms with Crippen molar-refractivity contribution in [3.05, 3.63) is 66.5 Å². The normalized spacial score (nSPS) is 12.6. The fourth-order valence-corrected chi connectivity index (χ4v) is 3.96. The maximum Gasteiger partial charge on any atom is 0.152 e. The molecule has 1 atom stereocenters. The van der Waals surface area contributed by atoms with Gasteiger partial charge in [0, 0.05) is 0 Å². The van der Waals surface area contributed by atoms with E-state index >= 15 is 0 Å². The first kappa shape index (κ1) is 16.0. The second kappa shape index (κ2) is 6.78. The summed E-state index contributed by atoms with van der Waals surface area (Å²) < 4.78 is 17.6. The molecule has 0 fully saturated rings. The number of ether oxygens (including phenoxy) is 1. The van der Waals surface area contributed by atoms with Gasteiger partial charge in [0.25, 0.3) is 0 Å². The van der Waals surface area contributed by atoms with Gasteiger partial charge in [0.1, 0.15) is 17.3 Å². The van der Waals surface area contributed by atoms with Crippen molar-refractivity contribution < 1.29 is 9.29 Å². The molecule has 4 rings (SSSR count). The van der Waals surface area contributed by atoms with Crippen molar-refractivity contribution >= 4 is 33.0 Å². The Kier molecular flexibility index (Phi) is 4.34. The summed E-state index contributed by atoms with van der Waals surface area (Å²) in [5.41, 5.74) is 1.97. The molecule has 0 radical (unpaired) electrons. The number of rotatable bonds is 5. The van der Waals surface area contributed by atoms with Crippen LogP contribution in [-0.4, -0.2) is 27.4 Å². The highest BCUT2D eigenvalue weighted by Crippen LogP contribution is 2.22. The molecule has 3 aromatic carbocycles. The minimum Gasteiger partial charge on any atom is -0.611 e. The van der Waals surface area contributed by atoms with Gasteiger partial charge in [-0.3, -0.25) is 0 Å². The Hall–Kier alpha value is -2.50. The van der Waals surface area contributed by atoms with Crippen molar-refractivity contribution in [2.24, 2.45) is 0 Å². The standard InChI is InChI=1S/C20H18N2O2S/c1-24-16-6-8-17(9-7-16)25(23)11-10-20-21-18-12-14-4-2-3-5-15(14)13-19(18)22-20/h2-9,12-13H,10-11H2,1H3,(H,21,22). The molecule has 0 spiro atoms. The Morgan fingerprint density at radius 1 is 1.04 bits per heavy atom. The highest BCUT2D eigenvalue weighted by Gasteiger charge is 2.13. The fraction of sp³-hybridized carbons (Fsp3) is 0.150. The molecule has 126 valence electrons. The summed E-state index contributed by atoms with van der Waals surface area (Å²) in [6, 6.07) is 19.8. The van der Waals surface area contributed by atoms with E-state index in [1.165, 1.54) is 10.8 Å². The topological polar surface area (TPSA) is 61.0 Å². The van der Waals surface area contributed by atoms with E-state index in [1.807, 2.05) is 36.4 Å². The van der Waals surface area contributed by atoms with E-state index in [4.69, 9.17) is 4.74 Å². The Morgan fingerprint density at radius 2 is 1.76 bits per heavy atom. The zero-order chi connectivity index (χ0) is 17.2. The van der Waals surface area contributed by atoms with E-state index in [9.17, 15) is 4.55 Å². The summed E-state index contributed by atoms with van der Waals surface area (Å²) in [5, 5.41) is 2.36. The number of fused-ring (bicyclic) bond motifs is 2. The number of nitrogens with one attached hydrogen (secondary N) is 1. The van der Waals surface area contributed by atoms with Gasteiger partial charge in [0.05, 0.1) is 24.6 Å². The van der Waals surface area contributed by atoms with Crippen molar-refractivity contribution in [1.82, 2.24) is 9.97 Å². The largest absolute Gasteiger partial charge is 0.611 e. The molecule has 1 heterocycles. The molecule has 0 aliphatic heterocycles. The summed E-state index contributed by atoms with van der Waals surface area (Å²) in [6.45, 7) is 0. The van der Waals surface area contributed by atoms with Crippen molar-refractivity contribution in [2.75, 3.05) is 12.9 Å². The van der Waals surface area contributed by atoms with Crippen LogP contribution in [0.25, 0.3) is 21.8 Å². The monoisotopic (exact) mass is 350 g/mol. The molecule has 0 bridgehead atoms. The summed E-state index contributed by atoms with van der Waals surface area (Å²) in [6.07, 6.45) is 0.643. The van der Waals surface area contributed by atoms with Crippen LogP contribution in [0.3, 0.4) is 0 Å². The predicted molar refractivity (Wildman–Crippen MR) is 102 cm³/mol. The van der Waals surface area contributed by atoms with E-state index in [2.05, 4.69) is 34.2 Å². The van der Waals surface area contributed by atoms with Crippen molar-refractivity contribution in [1.29, 1.82) is 0 Å². The van der Waals surface area contributed by atoms with Gasteiger partial charge in [0.15, 0.2) is 4.90 Å². The van der Waals surface area contributed by atoms with Crippen molar-refractivity contribution in [2.45, 2.75) is 11.3 Å². The minimum absolute atomic E-state index is 0.533. The number of aromatic nitrogens is 2. The number of methoxy groups -OCH3 is 1. The molecular weight excluding hydrogens is 332 g/mol. The first-order valence-electron chi connectivity index (χ1n) is 8.13. The number of hydrogen-bond donors (Lipinski definition) is 1. The molecule has 25 heavy (non-hydrogen) atoms. The van der Waals surface area contributed by atoms with Crippen LogP contribution in [-0.2, 0) is 17.6 Å². The second-order valence-corrected chi connectivity index (χ2v) is 7.45. The molecule has 0 saturated heterocycles. The highest BCUT2D eigenvalue weighted by atomic mass is 32.2. The maximum atomic E-state index is 12.5. The predicted octanol–water partition coefficient (Wildman–Crippen LogP) is 4.08. The number of aryl methyl sites for hydroxylation is 1. The van der Waals surface area contributed by atoms with Gasteiger partial charge in [-0.05, 0) is 58.3 Å². The van der Waals surface area contributed by atoms with Gasteiger partial charge in [-0.25, -0.2) is 4.98 Å². The summed E-state index contributed by atoms with van der Waals surface area (Å²) in [7, 11) is 1.62. The Morgan fingerprint density at radius 3 is 2.48 bits per heavy atom. The van der Waals surface area contributed by atoms with Crippen molar-refractivity contribution in [3.8, 4) is 5.75 Å². The van der Waals surface area contributed by atoms with Crippen LogP contribution in [0.1, 0.15) is 5.82 Å². The number of benzene rings is 3. The molecule has 0 saturated carbocycles. The van der Waals surface area contributed by atoms with E-state index in [0.29, 0.717) is 12.2 Å². The van der Waals surface area contributed by atoms with Crippen LogP contribution in [0.4, 0.5) is 0 Å². The summed E-state index contributed by atoms with van der Waals surface area (Å²) in [5.74, 6) is 2.17. The average molecular weight is 350 g/mol. The molecule has 4 nitrogen and oxygen atoms in total. The molecule has 0 amide bonds. The number of aromatic amines is 1. The molecule has 1 aromatic heterocycles. The zero-order valence-corrected chi connectivity index (χ0v) is 14.7. The first-order chi connectivity index (χ1) is 12.2. The van der Waals surface area contributed by atoms with Crippen LogP contribution in [0, 0.1) is 0 Å². The molecule has 0 aliphatic rings. The third-order valence-electron chi connectivity index (χ3n) is 4.24. The Bertz CT molecular complexity index is 959. The number of hydrogen-bond acceptors (Lipinski definition) is 3. The summed E-state index contributed by atoms with van der Waals surface area (Å²) >= 11 is -1.06. The van der Waals surface area contributed by atoms with Crippen LogP contribution in [0.2, 0.25) is 0 Å². The minimum atomic E-state index is -1.06. The number of H-pyrrole nitrogens is 1. The van der Waals surface area contributed by atoms with Crippen molar-refractivity contribution in [3.63, 3.8) is 0 Å². The van der Waals surface area contributed by atoms with Crippen LogP contribution in [0.5, 0.6) is 5.75 Å². The van der Waals surface area contributed by atoms with Gasteiger partial charge >= 0.3 is 0 Å². The van der Waals surface area contributed by atoms with E-state index in [-0.39, 0.29) is 0 Å². The Labute approximate surface area is 149 Å².